The summed E-state index contributed by atoms with van der Waals surface area (Å²) in [7, 11) is 0. The van der Waals surface area contributed by atoms with Crippen LogP contribution in [0.25, 0.3) is 0 Å². The summed E-state index contributed by atoms with van der Waals surface area (Å²) < 4.78 is 5.79. The Morgan fingerprint density at radius 1 is 1.12 bits per heavy atom. The van der Waals surface area contributed by atoms with Crippen molar-refractivity contribution in [2.75, 3.05) is 0 Å². The first-order valence-corrected chi connectivity index (χ1v) is 6.72. The summed E-state index contributed by atoms with van der Waals surface area (Å²) in [6, 6.07) is 5.15. The molecule has 0 heterocycles. The molecule has 17 heavy (non-hydrogen) atoms. The topological polar surface area (TPSA) is 29.5 Å². The second-order valence-corrected chi connectivity index (χ2v) is 5.28. The van der Waals surface area contributed by atoms with Crippen LogP contribution in [0.3, 0.4) is 0 Å². The average molecular weight is 275 g/mol. The van der Waals surface area contributed by atoms with Gasteiger partial charge in [0.05, 0.1) is 11.1 Å². The van der Waals surface area contributed by atoms with Crippen molar-refractivity contribution in [2.45, 2.75) is 44.3 Å². The third-order valence-corrected chi connectivity index (χ3v) is 3.62. The monoisotopic (exact) mass is 274 g/mol. The van der Waals surface area contributed by atoms with Gasteiger partial charge in [0.2, 0.25) is 0 Å². The number of ether oxygens (including phenoxy) is 1. The fraction of sp³-hybridized carbons (Fsp3) is 0.538. The van der Waals surface area contributed by atoms with E-state index in [-0.39, 0.29) is 6.10 Å². The Labute approximate surface area is 111 Å². The van der Waals surface area contributed by atoms with Crippen LogP contribution in [-0.4, -0.2) is 17.3 Å². The van der Waals surface area contributed by atoms with Gasteiger partial charge in [-0.1, -0.05) is 36.0 Å². The summed E-state index contributed by atoms with van der Waals surface area (Å²) >= 11 is 11.9. The van der Waals surface area contributed by atoms with Gasteiger partial charge in [-0.25, -0.2) is 0 Å². The summed E-state index contributed by atoms with van der Waals surface area (Å²) in [5, 5.41) is 11.0. The van der Waals surface area contributed by atoms with Gasteiger partial charge in [0.25, 0.3) is 0 Å². The molecule has 1 aliphatic rings. The summed E-state index contributed by atoms with van der Waals surface area (Å²) in [5.74, 6) is 0.599. The Kier molecular flexibility index (Phi) is 4.55. The zero-order valence-electron chi connectivity index (χ0n) is 9.53. The van der Waals surface area contributed by atoms with Crippen molar-refractivity contribution in [2.24, 2.45) is 0 Å². The molecule has 94 valence electrons. The highest BCUT2D eigenvalue weighted by Gasteiger charge is 2.23. The van der Waals surface area contributed by atoms with Gasteiger partial charge in [0, 0.05) is 5.02 Å². The largest absolute Gasteiger partial charge is 0.486 e. The molecule has 2 rings (SSSR count). The maximum Gasteiger partial charge on any atom is 0.138 e. The first-order valence-electron chi connectivity index (χ1n) is 5.96. The predicted octanol–water partition coefficient (Wildman–Crippen LogP) is 4.07. The van der Waals surface area contributed by atoms with E-state index in [1.54, 1.807) is 18.2 Å². The lowest BCUT2D eigenvalue weighted by Crippen LogP contribution is -2.30. The fourth-order valence-corrected chi connectivity index (χ4v) is 2.58. The maximum absolute atomic E-state index is 9.96. The van der Waals surface area contributed by atoms with Crippen LogP contribution in [-0.2, 0) is 0 Å². The minimum atomic E-state index is -0.399. The Balaban J connectivity index is 2.08. The van der Waals surface area contributed by atoms with Crippen LogP contribution in [0.5, 0.6) is 5.75 Å². The standard InChI is InChI=1S/C13H16Cl2O2/c14-9-6-7-12(10(15)8-9)17-13-5-3-1-2-4-11(13)16/h6-8,11,13,16H,1-5H2. The lowest BCUT2D eigenvalue weighted by Gasteiger charge is -2.22. The second-order valence-electron chi connectivity index (χ2n) is 4.44. The van der Waals surface area contributed by atoms with Crippen molar-refractivity contribution in [1.29, 1.82) is 0 Å². The van der Waals surface area contributed by atoms with Crippen LogP contribution in [0.15, 0.2) is 18.2 Å². The molecule has 0 bridgehead atoms. The van der Waals surface area contributed by atoms with E-state index in [0.717, 1.165) is 32.1 Å². The van der Waals surface area contributed by atoms with Crippen molar-refractivity contribution in [3.63, 3.8) is 0 Å². The van der Waals surface area contributed by atoms with E-state index < -0.39 is 6.10 Å². The first kappa shape index (κ1) is 13.0. The van der Waals surface area contributed by atoms with Gasteiger partial charge in [-0.3, -0.25) is 0 Å². The molecule has 0 aromatic heterocycles. The maximum atomic E-state index is 9.96. The number of aliphatic hydroxyl groups is 1. The number of hydrogen-bond donors (Lipinski definition) is 1. The summed E-state index contributed by atoms with van der Waals surface area (Å²) in [6.45, 7) is 0. The van der Waals surface area contributed by atoms with Crippen LogP contribution < -0.4 is 4.74 Å². The Bertz CT molecular complexity index is 382. The van der Waals surface area contributed by atoms with Crippen LogP contribution in [0.4, 0.5) is 0 Å². The van der Waals surface area contributed by atoms with Crippen LogP contribution in [0, 0.1) is 0 Å². The molecule has 1 aromatic rings. The third-order valence-electron chi connectivity index (χ3n) is 3.09. The predicted molar refractivity (Wildman–Crippen MR) is 70.0 cm³/mol. The molecule has 0 saturated heterocycles. The van der Waals surface area contributed by atoms with Gasteiger partial charge in [-0.05, 0) is 37.5 Å². The van der Waals surface area contributed by atoms with E-state index in [9.17, 15) is 5.11 Å². The summed E-state index contributed by atoms with van der Waals surface area (Å²) in [4.78, 5) is 0. The molecule has 1 fully saturated rings. The van der Waals surface area contributed by atoms with Gasteiger partial charge in [0.1, 0.15) is 11.9 Å². The molecule has 0 amide bonds. The number of benzene rings is 1. The van der Waals surface area contributed by atoms with Gasteiger partial charge in [0.15, 0.2) is 0 Å². The number of halogens is 2. The highest BCUT2D eigenvalue weighted by atomic mass is 35.5. The number of rotatable bonds is 2. The molecule has 1 aliphatic carbocycles. The van der Waals surface area contributed by atoms with E-state index >= 15 is 0 Å². The molecule has 1 N–H and O–H groups in total. The molecule has 1 saturated carbocycles. The molecule has 0 aliphatic heterocycles. The number of aliphatic hydroxyl groups excluding tert-OH is 1. The first-order chi connectivity index (χ1) is 8.16. The van der Waals surface area contributed by atoms with Gasteiger partial charge >= 0.3 is 0 Å². The molecule has 2 nitrogen and oxygen atoms in total. The smallest absolute Gasteiger partial charge is 0.138 e. The van der Waals surface area contributed by atoms with E-state index in [1.165, 1.54) is 0 Å². The third kappa shape index (κ3) is 3.51. The lowest BCUT2D eigenvalue weighted by molar-refractivity contribution is 0.0320. The molecule has 2 atom stereocenters. The molecular formula is C13H16Cl2O2. The minimum absolute atomic E-state index is 0.156. The molecule has 2 unspecified atom stereocenters. The van der Waals surface area contributed by atoms with E-state index in [1.807, 2.05) is 0 Å². The van der Waals surface area contributed by atoms with Crippen molar-refractivity contribution < 1.29 is 9.84 Å². The minimum Gasteiger partial charge on any atom is -0.486 e. The summed E-state index contributed by atoms with van der Waals surface area (Å²) in [6.07, 6.45) is 4.43. The molecule has 0 spiro atoms. The summed E-state index contributed by atoms with van der Waals surface area (Å²) in [5.41, 5.74) is 0. The zero-order valence-corrected chi connectivity index (χ0v) is 11.0. The Morgan fingerprint density at radius 2 is 1.88 bits per heavy atom. The van der Waals surface area contributed by atoms with E-state index in [0.29, 0.717) is 15.8 Å². The van der Waals surface area contributed by atoms with Crippen LogP contribution in [0.2, 0.25) is 10.0 Å². The van der Waals surface area contributed by atoms with Crippen LogP contribution >= 0.6 is 23.2 Å². The Morgan fingerprint density at radius 3 is 2.65 bits per heavy atom. The quantitative estimate of drug-likeness (QED) is 0.824. The SMILES string of the molecule is OC1CCCCCC1Oc1ccc(Cl)cc1Cl. The molecule has 4 heteroatoms. The average Bonchev–Trinajstić information content (AvgIpc) is 2.48. The van der Waals surface area contributed by atoms with Crippen molar-refractivity contribution in [3.05, 3.63) is 28.2 Å². The fourth-order valence-electron chi connectivity index (χ4n) is 2.13. The molecule has 0 radical (unpaired) electrons. The normalized spacial score (nSPS) is 25.4. The van der Waals surface area contributed by atoms with E-state index in [4.69, 9.17) is 27.9 Å². The lowest BCUT2D eigenvalue weighted by atomic mass is 10.1. The highest BCUT2D eigenvalue weighted by Crippen LogP contribution is 2.30. The zero-order chi connectivity index (χ0) is 12.3. The van der Waals surface area contributed by atoms with Gasteiger partial charge in [-0.2, -0.15) is 0 Å². The van der Waals surface area contributed by atoms with Crippen LogP contribution in [0.1, 0.15) is 32.1 Å². The van der Waals surface area contributed by atoms with Gasteiger partial charge in [-0.15, -0.1) is 0 Å². The van der Waals surface area contributed by atoms with Crippen molar-refractivity contribution >= 4 is 23.2 Å². The highest BCUT2D eigenvalue weighted by molar-refractivity contribution is 6.35. The van der Waals surface area contributed by atoms with E-state index in [2.05, 4.69) is 0 Å². The van der Waals surface area contributed by atoms with Crippen molar-refractivity contribution in [3.8, 4) is 5.75 Å². The molecule has 1 aromatic carbocycles. The second kappa shape index (κ2) is 5.94. The number of hydrogen-bond acceptors (Lipinski definition) is 2. The Hall–Kier alpha value is -0.440. The van der Waals surface area contributed by atoms with Crippen molar-refractivity contribution in [1.82, 2.24) is 0 Å². The van der Waals surface area contributed by atoms with Gasteiger partial charge < -0.3 is 9.84 Å². The molecular weight excluding hydrogens is 259 g/mol.